The van der Waals surface area contributed by atoms with Gasteiger partial charge in [0.25, 0.3) is 0 Å². The van der Waals surface area contributed by atoms with E-state index in [2.05, 4.69) is 12.2 Å². The van der Waals surface area contributed by atoms with E-state index in [1.165, 1.54) is 0 Å². The summed E-state index contributed by atoms with van der Waals surface area (Å²) >= 11 is 0. The fraction of sp³-hybridized carbons (Fsp3) is 1.00. The lowest BCUT2D eigenvalue weighted by Gasteiger charge is -2.40. The van der Waals surface area contributed by atoms with Gasteiger partial charge in [0, 0.05) is 18.6 Å². The maximum atomic E-state index is 14.6. The van der Waals surface area contributed by atoms with E-state index >= 15 is 0 Å². The van der Waals surface area contributed by atoms with Crippen molar-refractivity contribution >= 4 is 0 Å². The van der Waals surface area contributed by atoms with Crippen LogP contribution in [0.25, 0.3) is 0 Å². The highest BCUT2D eigenvalue weighted by Crippen LogP contribution is 2.41. The molecular weight excluding hydrogens is 353 g/mol. The molecule has 0 amide bonds. The standard InChI is InChI=1S/C19H30F5NO/c1-11-2-7-17(26-10-11)12-3-5-13(6-4-12)19(23,24)25-14-8-15(20)18(22)16(21)9-14/h11-18,25H,2-10H2,1H3. The predicted octanol–water partition coefficient (Wildman–Crippen LogP) is 4.97. The number of halogens is 5. The van der Waals surface area contributed by atoms with E-state index in [4.69, 9.17) is 4.74 Å². The molecule has 7 heteroatoms. The van der Waals surface area contributed by atoms with Crippen LogP contribution in [0.5, 0.6) is 0 Å². The third-order valence-electron chi connectivity index (χ3n) is 6.46. The van der Waals surface area contributed by atoms with E-state index in [-0.39, 0.29) is 6.10 Å². The normalized spacial score (nSPS) is 45.5. The van der Waals surface area contributed by atoms with Crippen molar-refractivity contribution < 1.29 is 26.7 Å². The first-order chi connectivity index (χ1) is 12.3. The van der Waals surface area contributed by atoms with Crippen LogP contribution < -0.4 is 5.32 Å². The molecule has 4 atom stereocenters. The van der Waals surface area contributed by atoms with Gasteiger partial charge in [0.2, 0.25) is 0 Å². The minimum atomic E-state index is -3.18. The van der Waals surface area contributed by atoms with Gasteiger partial charge >= 0.3 is 6.05 Å². The van der Waals surface area contributed by atoms with Crippen molar-refractivity contribution in [3.8, 4) is 0 Å². The number of rotatable bonds is 4. The molecule has 0 bridgehead atoms. The Bertz CT molecular complexity index is 437. The summed E-state index contributed by atoms with van der Waals surface area (Å²) in [7, 11) is 0. The van der Waals surface area contributed by atoms with Gasteiger partial charge in [0.05, 0.1) is 6.10 Å². The van der Waals surface area contributed by atoms with E-state index in [0.717, 1.165) is 19.4 Å². The van der Waals surface area contributed by atoms with Gasteiger partial charge in [0.15, 0.2) is 6.17 Å². The second kappa shape index (κ2) is 8.29. The van der Waals surface area contributed by atoms with Crippen molar-refractivity contribution in [1.29, 1.82) is 0 Å². The molecule has 0 radical (unpaired) electrons. The van der Waals surface area contributed by atoms with Crippen molar-refractivity contribution in [2.24, 2.45) is 17.8 Å². The van der Waals surface area contributed by atoms with Gasteiger partial charge in [-0.2, -0.15) is 8.78 Å². The average Bonchev–Trinajstić information content (AvgIpc) is 2.60. The number of nitrogens with one attached hydrogen (secondary N) is 1. The van der Waals surface area contributed by atoms with Crippen molar-refractivity contribution in [3.63, 3.8) is 0 Å². The van der Waals surface area contributed by atoms with Gasteiger partial charge in [-0.05, 0) is 63.2 Å². The second-order valence-electron chi connectivity index (χ2n) is 8.58. The molecule has 1 aliphatic heterocycles. The maximum Gasteiger partial charge on any atom is 0.305 e. The van der Waals surface area contributed by atoms with Crippen molar-refractivity contribution in [2.75, 3.05) is 6.61 Å². The van der Waals surface area contributed by atoms with Crippen LogP contribution >= 0.6 is 0 Å². The Hall–Kier alpha value is -0.430. The molecule has 0 spiro atoms. The Morgan fingerprint density at radius 1 is 0.885 bits per heavy atom. The first-order valence-electron chi connectivity index (χ1n) is 9.95. The van der Waals surface area contributed by atoms with Gasteiger partial charge in [-0.15, -0.1) is 0 Å². The molecule has 2 saturated carbocycles. The largest absolute Gasteiger partial charge is 0.378 e. The fourth-order valence-corrected chi connectivity index (χ4v) is 4.76. The van der Waals surface area contributed by atoms with Gasteiger partial charge < -0.3 is 4.74 Å². The Balaban J connectivity index is 1.48. The molecule has 4 unspecified atom stereocenters. The summed E-state index contributed by atoms with van der Waals surface area (Å²) in [4.78, 5) is 0. The van der Waals surface area contributed by atoms with E-state index in [9.17, 15) is 22.0 Å². The quantitative estimate of drug-likeness (QED) is 0.547. The summed E-state index contributed by atoms with van der Waals surface area (Å²) in [6, 6.07) is -4.21. The van der Waals surface area contributed by atoms with Gasteiger partial charge in [-0.25, -0.2) is 13.2 Å². The molecular formula is C19H30F5NO. The van der Waals surface area contributed by atoms with E-state index < -0.39 is 49.4 Å². The van der Waals surface area contributed by atoms with Crippen molar-refractivity contribution in [1.82, 2.24) is 5.32 Å². The van der Waals surface area contributed by atoms with Gasteiger partial charge in [-0.1, -0.05) is 6.92 Å². The Kier molecular flexibility index (Phi) is 6.48. The molecule has 2 aliphatic carbocycles. The molecule has 3 rings (SSSR count). The zero-order valence-corrected chi connectivity index (χ0v) is 15.3. The van der Waals surface area contributed by atoms with Crippen LogP contribution in [-0.4, -0.2) is 43.3 Å². The Morgan fingerprint density at radius 3 is 2.04 bits per heavy atom. The van der Waals surface area contributed by atoms with E-state index in [1.54, 1.807) is 0 Å². The molecule has 1 N–H and O–H groups in total. The molecule has 26 heavy (non-hydrogen) atoms. The van der Waals surface area contributed by atoms with Crippen LogP contribution in [0, 0.1) is 17.8 Å². The average molecular weight is 383 g/mol. The zero-order chi connectivity index (χ0) is 18.9. The maximum absolute atomic E-state index is 14.6. The third kappa shape index (κ3) is 4.70. The van der Waals surface area contributed by atoms with Gasteiger partial charge in [0.1, 0.15) is 12.3 Å². The Morgan fingerprint density at radius 2 is 1.50 bits per heavy atom. The highest BCUT2D eigenvalue weighted by Gasteiger charge is 2.47. The lowest BCUT2D eigenvalue weighted by Crippen LogP contribution is -2.54. The zero-order valence-electron chi connectivity index (χ0n) is 15.3. The second-order valence-corrected chi connectivity index (χ2v) is 8.58. The monoisotopic (exact) mass is 383 g/mol. The first-order valence-corrected chi connectivity index (χ1v) is 9.95. The molecule has 0 aromatic carbocycles. The fourth-order valence-electron chi connectivity index (χ4n) is 4.76. The number of hydrogen-bond donors (Lipinski definition) is 1. The molecule has 152 valence electrons. The smallest absolute Gasteiger partial charge is 0.305 e. The molecule has 3 fully saturated rings. The number of ether oxygens (including phenoxy) is 1. The summed E-state index contributed by atoms with van der Waals surface area (Å²) < 4.78 is 75.2. The van der Waals surface area contributed by atoms with Crippen LogP contribution in [0.2, 0.25) is 0 Å². The molecule has 1 heterocycles. The topological polar surface area (TPSA) is 21.3 Å². The summed E-state index contributed by atoms with van der Waals surface area (Å²) in [5.74, 6) is 0.0386. The van der Waals surface area contributed by atoms with Crippen molar-refractivity contribution in [3.05, 3.63) is 0 Å². The van der Waals surface area contributed by atoms with Crippen LogP contribution in [-0.2, 0) is 4.74 Å². The van der Waals surface area contributed by atoms with E-state index in [1.807, 2.05) is 0 Å². The van der Waals surface area contributed by atoms with Crippen LogP contribution in [0.4, 0.5) is 22.0 Å². The highest BCUT2D eigenvalue weighted by molar-refractivity contribution is 4.93. The molecule has 0 aromatic heterocycles. The lowest BCUT2D eigenvalue weighted by molar-refractivity contribution is -0.129. The molecule has 1 saturated heterocycles. The van der Waals surface area contributed by atoms with Crippen LogP contribution in [0.15, 0.2) is 0 Å². The summed E-state index contributed by atoms with van der Waals surface area (Å²) in [5, 5.41) is 2.14. The first kappa shape index (κ1) is 20.3. The summed E-state index contributed by atoms with van der Waals surface area (Å²) in [6.45, 7) is 2.90. The lowest BCUT2D eigenvalue weighted by atomic mass is 9.76. The highest BCUT2D eigenvalue weighted by atomic mass is 19.3. The summed E-state index contributed by atoms with van der Waals surface area (Å²) in [6.07, 6.45) is -2.63. The van der Waals surface area contributed by atoms with Crippen LogP contribution in [0.3, 0.4) is 0 Å². The van der Waals surface area contributed by atoms with Crippen LogP contribution in [0.1, 0.15) is 58.3 Å². The van der Waals surface area contributed by atoms with Crippen molar-refractivity contribution in [2.45, 2.75) is 95.0 Å². The summed E-state index contributed by atoms with van der Waals surface area (Å²) in [5.41, 5.74) is 0. The SMILES string of the molecule is CC1CCC(C2CCC(C(F)(F)NC3CC(F)C(F)C(F)C3)CC2)OC1. The predicted molar refractivity (Wildman–Crippen MR) is 89.4 cm³/mol. The minimum Gasteiger partial charge on any atom is -0.378 e. The third-order valence-corrected chi connectivity index (χ3v) is 6.46. The molecule has 0 aromatic rings. The number of alkyl halides is 5. The number of hydrogen-bond acceptors (Lipinski definition) is 2. The molecule has 3 aliphatic rings. The van der Waals surface area contributed by atoms with Gasteiger partial charge in [-0.3, -0.25) is 5.32 Å². The Labute approximate surface area is 152 Å². The van der Waals surface area contributed by atoms with E-state index in [0.29, 0.717) is 37.5 Å². The molecule has 2 nitrogen and oxygen atoms in total. The minimum absolute atomic E-state index is 0.174.